The third-order valence-electron chi connectivity index (χ3n) is 1.78. The number of carbonyl (C=O) groups excluding carboxylic acids is 2. The van der Waals surface area contributed by atoms with Gasteiger partial charge in [-0.2, -0.15) is 0 Å². The van der Waals surface area contributed by atoms with Gasteiger partial charge in [-0.1, -0.05) is 13.8 Å². The standard InChI is InChI=1S/C8H13NO3/c1-5(2)7(10)9-6-3-4-12-8(6)11/h5-6H,3-4H2,1-2H3,(H,9,10). The first-order valence-electron chi connectivity index (χ1n) is 4.08. The van der Waals surface area contributed by atoms with Crippen LogP contribution in [0.25, 0.3) is 0 Å². The van der Waals surface area contributed by atoms with Gasteiger partial charge in [0.15, 0.2) is 0 Å². The van der Waals surface area contributed by atoms with Crippen molar-refractivity contribution in [1.82, 2.24) is 5.32 Å². The first-order chi connectivity index (χ1) is 5.61. The normalized spacial score (nSPS) is 22.6. The molecule has 1 unspecified atom stereocenters. The summed E-state index contributed by atoms with van der Waals surface area (Å²) >= 11 is 0. The molecule has 1 aliphatic rings. The van der Waals surface area contributed by atoms with Gasteiger partial charge in [0.1, 0.15) is 6.04 Å². The molecule has 0 aromatic carbocycles. The number of rotatable bonds is 2. The Labute approximate surface area is 71.3 Å². The predicted octanol–water partition coefficient (Wildman–Crippen LogP) is 0.0741. The van der Waals surface area contributed by atoms with E-state index in [4.69, 9.17) is 4.74 Å². The number of ether oxygens (including phenoxy) is 1. The van der Waals surface area contributed by atoms with Crippen LogP contribution in [-0.4, -0.2) is 24.5 Å². The molecule has 4 heteroatoms. The minimum atomic E-state index is -0.417. The van der Waals surface area contributed by atoms with E-state index in [2.05, 4.69) is 5.32 Å². The van der Waals surface area contributed by atoms with Crippen LogP contribution in [0.5, 0.6) is 0 Å². The molecule has 4 nitrogen and oxygen atoms in total. The lowest BCUT2D eigenvalue weighted by Crippen LogP contribution is -2.40. The van der Waals surface area contributed by atoms with Crippen molar-refractivity contribution >= 4 is 11.9 Å². The molecule has 0 bridgehead atoms. The Balaban J connectivity index is 2.40. The monoisotopic (exact) mass is 171 g/mol. The quantitative estimate of drug-likeness (QED) is 0.598. The lowest BCUT2D eigenvalue weighted by Gasteiger charge is -2.10. The second kappa shape index (κ2) is 3.56. The van der Waals surface area contributed by atoms with Gasteiger partial charge in [0.25, 0.3) is 0 Å². The number of hydrogen-bond donors (Lipinski definition) is 1. The van der Waals surface area contributed by atoms with Crippen molar-refractivity contribution < 1.29 is 14.3 Å². The highest BCUT2D eigenvalue weighted by atomic mass is 16.5. The third-order valence-corrected chi connectivity index (χ3v) is 1.78. The average molecular weight is 171 g/mol. The molecular formula is C8H13NO3. The summed E-state index contributed by atoms with van der Waals surface area (Å²) in [7, 11) is 0. The van der Waals surface area contributed by atoms with Crippen molar-refractivity contribution in [3.8, 4) is 0 Å². The average Bonchev–Trinajstić information content (AvgIpc) is 2.36. The van der Waals surface area contributed by atoms with Crippen LogP contribution >= 0.6 is 0 Å². The van der Waals surface area contributed by atoms with Crippen LogP contribution < -0.4 is 5.32 Å². The van der Waals surface area contributed by atoms with Gasteiger partial charge in [0.2, 0.25) is 5.91 Å². The van der Waals surface area contributed by atoms with Gasteiger partial charge in [-0.3, -0.25) is 4.79 Å². The van der Waals surface area contributed by atoms with E-state index in [1.807, 2.05) is 0 Å². The molecule has 0 aromatic heterocycles. The molecule has 0 aliphatic carbocycles. The van der Waals surface area contributed by atoms with Crippen molar-refractivity contribution in [3.05, 3.63) is 0 Å². The number of nitrogens with one attached hydrogen (secondary N) is 1. The Morgan fingerprint density at radius 1 is 1.67 bits per heavy atom. The lowest BCUT2D eigenvalue weighted by molar-refractivity contribution is -0.141. The SMILES string of the molecule is CC(C)C(=O)NC1CCOC1=O. The van der Waals surface area contributed by atoms with Crippen molar-refractivity contribution in [2.24, 2.45) is 5.92 Å². The number of amides is 1. The summed E-state index contributed by atoms with van der Waals surface area (Å²) < 4.78 is 4.69. The minimum Gasteiger partial charge on any atom is -0.464 e. The van der Waals surface area contributed by atoms with Crippen LogP contribution in [0.1, 0.15) is 20.3 Å². The fourth-order valence-corrected chi connectivity index (χ4v) is 0.965. The molecule has 12 heavy (non-hydrogen) atoms. The van der Waals surface area contributed by atoms with E-state index in [1.54, 1.807) is 13.8 Å². The summed E-state index contributed by atoms with van der Waals surface area (Å²) in [5.41, 5.74) is 0. The van der Waals surface area contributed by atoms with Crippen LogP contribution in [0.3, 0.4) is 0 Å². The molecule has 1 rings (SSSR count). The summed E-state index contributed by atoms with van der Waals surface area (Å²) in [6.45, 7) is 3.99. The second-order valence-corrected chi connectivity index (χ2v) is 3.17. The highest BCUT2D eigenvalue weighted by Gasteiger charge is 2.28. The minimum absolute atomic E-state index is 0.0848. The summed E-state index contributed by atoms with van der Waals surface area (Å²) in [4.78, 5) is 22.0. The van der Waals surface area contributed by atoms with Gasteiger partial charge in [-0.05, 0) is 0 Å². The first kappa shape index (κ1) is 9.03. The van der Waals surface area contributed by atoms with Crippen molar-refractivity contribution in [1.29, 1.82) is 0 Å². The van der Waals surface area contributed by atoms with Crippen LogP contribution in [-0.2, 0) is 14.3 Å². The van der Waals surface area contributed by atoms with E-state index >= 15 is 0 Å². The van der Waals surface area contributed by atoms with Gasteiger partial charge in [-0.25, -0.2) is 4.79 Å². The zero-order valence-corrected chi connectivity index (χ0v) is 7.29. The molecule has 1 heterocycles. The van der Waals surface area contributed by atoms with E-state index < -0.39 is 6.04 Å². The number of cyclic esters (lactones) is 1. The maximum Gasteiger partial charge on any atom is 0.328 e. The Bertz CT molecular complexity index is 200. The maximum atomic E-state index is 11.1. The van der Waals surface area contributed by atoms with Crippen LogP contribution in [0.15, 0.2) is 0 Å². The summed E-state index contributed by atoms with van der Waals surface area (Å²) in [5, 5.41) is 2.61. The molecule has 1 fully saturated rings. The van der Waals surface area contributed by atoms with E-state index in [0.717, 1.165) is 0 Å². The fraction of sp³-hybridized carbons (Fsp3) is 0.750. The van der Waals surface area contributed by atoms with E-state index in [-0.39, 0.29) is 17.8 Å². The molecule has 1 atom stereocenters. The topological polar surface area (TPSA) is 55.4 Å². The Morgan fingerprint density at radius 3 is 2.75 bits per heavy atom. The van der Waals surface area contributed by atoms with Gasteiger partial charge in [-0.15, -0.1) is 0 Å². The molecule has 0 aromatic rings. The molecule has 0 saturated carbocycles. The van der Waals surface area contributed by atoms with Crippen molar-refractivity contribution in [3.63, 3.8) is 0 Å². The fourth-order valence-electron chi connectivity index (χ4n) is 0.965. The van der Waals surface area contributed by atoms with Gasteiger partial charge < -0.3 is 10.1 Å². The number of esters is 1. The lowest BCUT2D eigenvalue weighted by atomic mass is 10.2. The molecular weight excluding hydrogens is 158 g/mol. The Hall–Kier alpha value is -1.06. The maximum absolute atomic E-state index is 11.1. The van der Waals surface area contributed by atoms with Crippen molar-refractivity contribution in [2.75, 3.05) is 6.61 Å². The zero-order valence-electron chi connectivity index (χ0n) is 7.29. The molecule has 1 aliphatic heterocycles. The van der Waals surface area contributed by atoms with E-state index in [0.29, 0.717) is 13.0 Å². The third kappa shape index (κ3) is 1.96. The molecule has 1 amide bonds. The highest BCUT2D eigenvalue weighted by Crippen LogP contribution is 2.06. The zero-order chi connectivity index (χ0) is 9.14. The summed E-state index contributed by atoms with van der Waals surface area (Å²) in [6.07, 6.45) is 0.595. The van der Waals surface area contributed by atoms with Gasteiger partial charge in [0, 0.05) is 12.3 Å². The number of carbonyl (C=O) groups is 2. The van der Waals surface area contributed by atoms with Crippen LogP contribution in [0.2, 0.25) is 0 Å². The summed E-state index contributed by atoms with van der Waals surface area (Å²) in [6, 6.07) is -0.417. The van der Waals surface area contributed by atoms with Crippen LogP contribution in [0.4, 0.5) is 0 Å². The number of hydrogen-bond acceptors (Lipinski definition) is 3. The molecule has 1 N–H and O–H groups in total. The molecule has 0 spiro atoms. The Morgan fingerprint density at radius 2 is 2.33 bits per heavy atom. The largest absolute Gasteiger partial charge is 0.464 e. The van der Waals surface area contributed by atoms with Crippen molar-refractivity contribution in [2.45, 2.75) is 26.3 Å². The highest BCUT2D eigenvalue weighted by molar-refractivity contribution is 5.86. The molecule has 0 radical (unpaired) electrons. The van der Waals surface area contributed by atoms with Crippen LogP contribution in [0, 0.1) is 5.92 Å². The first-order valence-corrected chi connectivity index (χ1v) is 4.08. The van der Waals surface area contributed by atoms with E-state index in [9.17, 15) is 9.59 Å². The molecule has 68 valence electrons. The predicted molar refractivity (Wildman–Crippen MR) is 42.3 cm³/mol. The molecule has 1 saturated heterocycles. The Kier molecular flexibility index (Phi) is 2.68. The smallest absolute Gasteiger partial charge is 0.328 e. The van der Waals surface area contributed by atoms with Gasteiger partial charge >= 0.3 is 5.97 Å². The van der Waals surface area contributed by atoms with Gasteiger partial charge in [0.05, 0.1) is 6.61 Å². The summed E-state index contributed by atoms with van der Waals surface area (Å²) in [5.74, 6) is -0.499. The second-order valence-electron chi connectivity index (χ2n) is 3.17. The van der Waals surface area contributed by atoms with E-state index in [1.165, 1.54) is 0 Å².